The summed E-state index contributed by atoms with van der Waals surface area (Å²) in [7, 11) is 1.39. The molecule has 0 bridgehead atoms. The molecule has 2 nitrogen and oxygen atoms in total. The van der Waals surface area contributed by atoms with Crippen LogP contribution in [0.3, 0.4) is 0 Å². The van der Waals surface area contributed by atoms with Gasteiger partial charge in [-0.05, 0) is 62.0 Å². The van der Waals surface area contributed by atoms with Crippen LogP contribution in [0.1, 0.15) is 24.0 Å². The Kier molecular flexibility index (Phi) is 4.34. The molecule has 1 N–H and O–H groups in total. The Hall–Kier alpha value is -1.23. The second-order valence-electron chi connectivity index (χ2n) is 4.98. The molecule has 5 heteroatoms. The first-order valence-corrected chi connectivity index (χ1v) is 6.45. The Morgan fingerprint density at radius 3 is 2.68 bits per heavy atom. The minimum atomic E-state index is -4.33. The third-order valence-corrected chi connectivity index (χ3v) is 3.45. The van der Waals surface area contributed by atoms with Gasteiger partial charge in [0.1, 0.15) is 5.75 Å². The Labute approximate surface area is 111 Å². The van der Waals surface area contributed by atoms with Crippen molar-refractivity contribution < 1.29 is 17.9 Å². The minimum Gasteiger partial charge on any atom is -0.497 e. The molecule has 0 aliphatic carbocycles. The van der Waals surface area contributed by atoms with E-state index in [1.54, 1.807) is 6.07 Å². The van der Waals surface area contributed by atoms with Crippen molar-refractivity contribution in [2.24, 2.45) is 5.92 Å². The Morgan fingerprint density at radius 1 is 1.32 bits per heavy atom. The fraction of sp³-hybridized carbons (Fsp3) is 0.571. The maximum atomic E-state index is 12.8. The van der Waals surface area contributed by atoms with Crippen molar-refractivity contribution in [1.82, 2.24) is 5.32 Å². The van der Waals surface area contributed by atoms with Gasteiger partial charge in [0.15, 0.2) is 0 Å². The average molecular weight is 273 g/mol. The maximum absolute atomic E-state index is 12.8. The van der Waals surface area contributed by atoms with E-state index in [0.29, 0.717) is 17.9 Å². The molecule has 1 aromatic rings. The molecule has 1 unspecified atom stereocenters. The topological polar surface area (TPSA) is 21.3 Å². The van der Waals surface area contributed by atoms with Crippen LogP contribution in [0.5, 0.6) is 5.75 Å². The zero-order valence-corrected chi connectivity index (χ0v) is 10.9. The number of hydrogen-bond acceptors (Lipinski definition) is 2. The van der Waals surface area contributed by atoms with Crippen molar-refractivity contribution >= 4 is 0 Å². The number of hydrogen-bond donors (Lipinski definition) is 1. The van der Waals surface area contributed by atoms with E-state index in [0.717, 1.165) is 32.0 Å². The summed E-state index contributed by atoms with van der Waals surface area (Å²) in [6.07, 6.45) is -1.52. The first-order chi connectivity index (χ1) is 8.99. The predicted octanol–water partition coefficient (Wildman–Crippen LogP) is 3.26. The fourth-order valence-electron chi connectivity index (χ4n) is 2.49. The normalized spacial score (nSPS) is 20.3. The monoisotopic (exact) mass is 273 g/mol. The van der Waals surface area contributed by atoms with E-state index in [-0.39, 0.29) is 5.75 Å². The van der Waals surface area contributed by atoms with E-state index in [1.165, 1.54) is 13.2 Å². The molecule has 19 heavy (non-hydrogen) atoms. The Morgan fingerprint density at radius 2 is 2.11 bits per heavy atom. The van der Waals surface area contributed by atoms with E-state index in [2.05, 4.69) is 5.32 Å². The van der Waals surface area contributed by atoms with Gasteiger partial charge in [0.05, 0.1) is 12.7 Å². The van der Waals surface area contributed by atoms with Gasteiger partial charge in [0, 0.05) is 0 Å². The highest BCUT2D eigenvalue weighted by atomic mass is 19.4. The summed E-state index contributed by atoms with van der Waals surface area (Å²) >= 11 is 0. The third kappa shape index (κ3) is 3.86. The first kappa shape index (κ1) is 14.2. The molecule has 1 aliphatic heterocycles. The van der Waals surface area contributed by atoms with Crippen LogP contribution < -0.4 is 10.1 Å². The lowest BCUT2D eigenvalue weighted by Crippen LogP contribution is -2.30. The van der Waals surface area contributed by atoms with Gasteiger partial charge in [-0.25, -0.2) is 0 Å². The number of ether oxygens (including phenoxy) is 1. The van der Waals surface area contributed by atoms with Crippen LogP contribution >= 0.6 is 0 Å². The van der Waals surface area contributed by atoms with Gasteiger partial charge in [0.2, 0.25) is 0 Å². The molecular weight excluding hydrogens is 255 g/mol. The van der Waals surface area contributed by atoms with Gasteiger partial charge in [-0.1, -0.05) is 0 Å². The van der Waals surface area contributed by atoms with Gasteiger partial charge in [-0.3, -0.25) is 0 Å². The summed E-state index contributed by atoms with van der Waals surface area (Å²) in [6.45, 7) is 1.88. The van der Waals surface area contributed by atoms with Gasteiger partial charge in [0.25, 0.3) is 0 Å². The molecule has 1 saturated heterocycles. The van der Waals surface area contributed by atoms with Crippen molar-refractivity contribution in [1.29, 1.82) is 0 Å². The molecule has 1 heterocycles. The van der Waals surface area contributed by atoms with Crippen LogP contribution in [0.15, 0.2) is 18.2 Å². The van der Waals surface area contributed by atoms with Crippen LogP contribution in [0.4, 0.5) is 13.2 Å². The molecule has 1 aromatic carbocycles. The lowest BCUT2D eigenvalue weighted by atomic mass is 9.91. The van der Waals surface area contributed by atoms with Gasteiger partial charge >= 0.3 is 6.18 Å². The quantitative estimate of drug-likeness (QED) is 0.912. The highest BCUT2D eigenvalue weighted by Crippen LogP contribution is 2.33. The molecule has 0 spiro atoms. The average Bonchev–Trinajstić information content (AvgIpc) is 2.38. The van der Waals surface area contributed by atoms with E-state index >= 15 is 0 Å². The summed E-state index contributed by atoms with van der Waals surface area (Å²) in [6, 6.07) is 3.98. The second kappa shape index (κ2) is 5.82. The zero-order chi connectivity index (χ0) is 13.9. The summed E-state index contributed by atoms with van der Waals surface area (Å²) in [5.74, 6) is 0.676. The lowest BCUT2D eigenvalue weighted by molar-refractivity contribution is -0.137. The number of nitrogens with one attached hydrogen (secondary N) is 1. The fourth-order valence-corrected chi connectivity index (χ4v) is 2.49. The highest BCUT2D eigenvalue weighted by Gasteiger charge is 2.31. The predicted molar refractivity (Wildman–Crippen MR) is 67.3 cm³/mol. The smallest absolute Gasteiger partial charge is 0.416 e. The number of rotatable bonds is 3. The number of alkyl halides is 3. The molecule has 106 valence electrons. The van der Waals surface area contributed by atoms with Gasteiger partial charge in [-0.15, -0.1) is 0 Å². The van der Waals surface area contributed by atoms with Crippen molar-refractivity contribution in [2.75, 3.05) is 20.2 Å². The lowest BCUT2D eigenvalue weighted by Gasteiger charge is -2.23. The number of piperidine rings is 1. The molecule has 1 aliphatic rings. The molecule has 2 rings (SSSR count). The van der Waals surface area contributed by atoms with Crippen LogP contribution in [-0.4, -0.2) is 20.2 Å². The Balaban J connectivity index is 2.19. The summed E-state index contributed by atoms with van der Waals surface area (Å²) in [5, 5.41) is 3.28. The standard InChI is InChI=1S/C14H18F3NO/c1-19-13-7-11(5-10-3-2-4-18-9-10)6-12(8-13)14(15,16)17/h6-8,10,18H,2-5,9H2,1H3. The van der Waals surface area contributed by atoms with E-state index in [9.17, 15) is 13.2 Å². The number of halogens is 3. The summed E-state index contributed by atoms with van der Waals surface area (Å²) in [4.78, 5) is 0. The molecule has 0 aromatic heterocycles. The van der Waals surface area contributed by atoms with Gasteiger partial charge < -0.3 is 10.1 Å². The second-order valence-corrected chi connectivity index (χ2v) is 4.98. The molecular formula is C14H18F3NO. The van der Waals surface area contributed by atoms with Gasteiger partial charge in [-0.2, -0.15) is 13.2 Å². The van der Waals surface area contributed by atoms with Crippen molar-refractivity contribution in [3.8, 4) is 5.75 Å². The molecule has 0 amide bonds. The van der Waals surface area contributed by atoms with Crippen LogP contribution in [0.25, 0.3) is 0 Å². The molecule has 1 atom stereocenters. The summed E-state index contributed by atoms with van der Waals surface area (Å²) < 4.78 is 43.3. The molecule has 1 fully saturated rings. The maximum Gasteiger partial charge on any atom is 0.416 e. The van der Waals surface area contributed by atoms with E-state index < -0.39 is 11.7 Å². The minimum absolute atomic E-state index is 0.272. The largest absolute Gasteiger partial charge is 0.497 e. The van der Waals surface area contributed by atoms with E-state index in [1.807, 2.05) is 0 Å². The zero-order valence-electron chi connectivity index (χ0n) is 10.9. The summed E-state index contributed by atoms with van der Waals surface area (Å²) in [5.41, 5.74) is 0.0611. The molecule has 0 saturated carbocycles. The van der Waals surface area contributed by atoms with Crippen LogP contribution in [0, 0.1) is 5.92 Å². The highest BCUT2D eigenvalue weighted by molar-refractivity contribution is 5.36. The van der Waals surface area contributed by atoms with Crippen LogP contribution in [0.2, 0.25) is 0 Å². The van der Waals surface area contributed by atoms with Crippen LogP contribution in [-0.2, 0) is 12.6 Å². The Bertz CT molecular complexity index is 425. The number of methoxy groups -OCH3 is 1. The SMILES string of the molecule is COc1cc(CC2CCCNC2)cc(C(F)(F)F)c1. The number of benzene rings is 1. The molecule has 0 radical (unpaired) electrons. The van der Waals surface area contributed by atoms with Crippen molar-refractivity contribution in [3.05, 3.63) is 29.3 Å². The first-order valence-electron chi connectivity index (χ1n) is 6.45. The van der Waals surface area contributed by atoms with Crippen molar-refractivity contribution in [3.63, 3.8) is 0 Å². The van der Waals surface area contributed by atoms with E-state index in [4.69, 9.17) is 4.74 Å². The third-order valence-electron chi connectivity index (χ3n) is 3.45. The van der Waals surface area contributed by atoms with Crippen molar-refractivity contribution in [2.45, 2.75) is 25.4 Å².